The molecule has 2 nitrogen and oxygen atoms in total. The minimum absolute atomic E-state index is 0.783. The molecular formula is C11H26N2. The van der Waals surface area contributed by atoms with Gasteiger partial charge in [0, 0.05) is 0 Å². The Morgan fingerprint density at radius 2 is 1.92 bits per heavy atom. The van der Waals surface area contributed by atoms with Crippen molar-refractivity contribution in [1.82, 2.24) is 5.32 Å². The van der Waals surface area contributed by atoms with E-state index in [1.54, 1.807) is 0 Å². The van der Waals surface area contributed by atoms with Crippen molar-refractivity contribution in [3.63, 3.8) is 0 Å². The van der Waals surface area contributed by atoms with Crippen LogP contribution in [-0.4, -0.2) is 19.6 Å². The van der Waals surface area contributed by atoms with Crippen LogP contribution in [0.3, 0.4) is 0 Å². The summed E-state index contributed by atoms with van der Waals surface area (Å²) in [5, 5.41) is 3.35. The lowest BCUT2D eigenvalue weighted by atomic mass is 9.88. The molecule has 0 aromatic carbocycles. The molecule has 0 rings (SSSR count). The second-order valence-corrected chi connectivity index (χ2v) is 4.08. The maximum atomic E-state index is 5.58. The van der Waals surface area contributed by atoms with Gasteiger partial charge in [-0.15, -0.1) is 0 Å². The SMILES string of the molecule is CCNCCCC(CCN)C(C)C. The van der Waals surface area contributed by atoms with Crippen LogP contribution in [0.2, 0.25) is 0 Å². The van der Waals surface area contributed by atoms with Gasteiger partial charge in [0.25, 0.3) is 0 Å². The third-order valence-corrected chi connectivity index (χ3v) is 2.66. The van der Waals surface area contributed by atoms with E-state index in [1.807, 2.05) is 0 Å². The summed E-state index contributed by atoms with van der Waals surface area (Å²) in [7, 11) is 0. The summed E-state index contributed by atoms with van der Waals surface area (Å²) < 4.78 is 0. The third-order valence-electron chi connectivity index (χ3n) is 2.66. The monoisotopic (exact) mass is 186 g/mol. The Morgan fingerprint density at radius 1 is 1.23 bits per heavy atom. The first kappa shape index (κ1) is 12.9. The summed E-state index contributed by atoms with van der Waals surface area (Å²) in [4.78, 5) is 0. The first-order valence-electron chi connectivity index (χ1n) is 5.63. The molecule has 13 heavy (non-hydrogen) atoms. The molecule has 0 saturated heterocycles. The molecule has 0 spiro atoms. The molecule has 0 amide bonds. The Labute approximate surface area is 83.3 Å². The van der Waals surface area contributed by atoms with Gasteiger partial charge in [0.15, 0.2) is 0 Å². The summed E-state index contributed by atoms with van der Waals surface area (Å²) in [5.41, 5.74) is 5.58. The fourth-order valence-corrected chi connectivity index (χ4v) is 1.69. The lowest BCUT2D eigenvalue weighted by molar-refractivity contribution is 0.331. The number of hydrogen-bond donors (Lipinski definition) is 2. The van der Waals surface area contributed by atoms with E-state index in [2.05, 4.69) is 26.1 Å². The molecule has 1 unspecified atom stereocenters. The first-order valence-corrected chi connectivity index (χ1v) is 5.63. The smallest absolute Gasteiger partial charge is 0.00489 e. The van der Waals surface area contributed by atoms with Crippen LogP contribution in [0.25, 0.3) is 0 Å². The predicted molar refractivity (Wildman–Crippen MR) is 59.8 cm³/mol. The normalized spacial score (nSPS) is 13.6. The zero-order chi connectivity index (χ0) is 10.1. The van der Waals surface area contributed by atoms with Gasteiger partial charge < -0.3 is 11.1 Å². The highest BCUT2D eigenvalue weighted by Gasteiger charge is 2.11. The van der Waals surface area contributed by atoms with E-state index in [-0.39, 0.29) is 0 Å². The molecule has 0 saturated carbocycles. The van der Waals surface area contributed by atoms with Crippen LogP contribution in [0.1, 0.15) is 40.0 Å². The van der Waals surface area contributed by atoms with E-state index < -0.39 is 0 Å². The number of hydrogen-bond acceptors (Lipinski definition) is 2. The molecule has 3 N–H and O–H groups in total. The maximum Gasteiger partial charge on any atom is -0.00489 e. The number of nitrogens with one attached hydrogen (secondary N) is 1. The van der Waals surface area contributed by atoms with Gasteiger partial charge in [-0.05, 0) is 50.7 Å². The van der Waals surface area contributed by atoms with Crippen LogP contribution < -0.4 is 11.1 Å². The van der Waals surface area contributed by atoms with E-state index in [1.165, 1.54) is 19.3 Å². The van der Waals surface area contributed by atoms with Crippen LogP contribution in [0.4, 0.5) is 0 Å². The molecule has 0 aliphatic heterocycles. The maximum absolute atomic E-state index is 5.58. The van der Waals surface area contributed by atoms with Gasteiger partial charge in [0.2, 0.25) is 0 Å². The van der Waals surface area contributed by atoms with Crippen molar-refractivity contribution in [3.05, 3.63) is 0 Å². The zero-order valence-corrected chi connectivity index (χ0v) is 9.47. The minimum atomic E-state index is 0.783. The number of rotatable bonds is 8. The van der Waals surface area contributed by atoms with Crippen LogP contribution in [0.15, 0.2) is 0 Å². The average Bonchev–Trinajstić information content (AvgIpc) is 2.10. The Bertz CT molecular complexity index is 102. The molecule has 0 aliphatic rings. The zero-order valence-electron chi connectivity index (χ0n) is 9.47. The Morgan fingerprint density at radius 3 is 2.38 bits per heavy atom. The van der Waals surface area contributed by atoms with Crippen molar-refractivity contribution in [1.29, 1.82) is 0 Å². The molecule has 0 aromatic heterocycles. The summed E-state index contributed by atoms with van der Waals surface area (Å²) in [5.74, 6) is 1.61. The summed E-state index contributed by atoms with van der Waals surface area (Å²) in [6.07, 6.45) is 3.79. The van der Waals surface area contributed by atoms with Crippen molar-refractivity contribution in [3.8, 4) is 0 Å². The lowest BCUT2D eigenvalue weighted by Gasteiger charge is -2.19. The van der Waals surface area contributed by atoms with Gasteiger partial charge in [0.1, 0.15) is 0 Å². The van der Waals surface area contributed by atoms with E-state index in [0.29, 0.717) is 0 Å². The largest absolute Gasteiger partial charge is 0.330 e. The van der Waals surface area contributed by atoms with E-state index >= 15 is 0 Å². The van der Waals surface area contributed by atoms with E-state index in [4.69, 9.17) is 5.73 Å². The second-order valence-electron chi connectivity index (χ2n) is 4.08. The van der Waals surface area contributed by atoms with Crippen molar-refractivity contribution >= 4 is 0 Å². The molecule has 1 atom stereocenters. The minimum Gasteiger partial charge on any atom is -0.330 e. The molecule has 0 bridgehead atoms. The second kappa shape index (κ2) is 8.52. The molecular weight excluding hydrogens is 160 g/mol. The van der Waals surface area contributed by atoms with Crippen molar-refractivity contribution in [2.45, 2.75) is 40.0 Å². The molecule has 0 aliphatic carbocycles. The van der Waals surface area contributed by atoms with Crippen LogP contribution in [0.5, 0.6) is 0 Å². The van der Waals surface area contributed by atoms with Crippen molar-refractivity contribution < 1.29 is 0 Å². The van der Waals surface area contributed by atoms with Crippen molar-refractivity contribution in [2.24, 2.45) is 17.6 Å². The van der Waals surface area contributed by atoms with Gasteiger partial charge in [0.05, 0.1) is 0 Å². The van der Waals surface area contributed by atoms with E-state index in [0.717, 1.165) is 31.5 Å². The van der Waals surface area contributed by atoms with Crippen LogP contribution in [0, 0.1) is 11.8 Å². The Hall–Kier alpha value is -0.0800. The molecule has 0 heterocycles. The van der Waals surface area contributed by atoms with Crippen LogP contribution in [-0.2, 0) is 0 Å². The van der Waals surface area contributed by atoms with Crippen molar-refractivity contribution in [2.75, 3.05) is 19.6 Å². The van der Waals surface area contributed by atoms with Gasteiger partial charge in [-0.25, -0.2) is 0 Å². The highest BCUT2D eigenvalue weighted by Crippen LogP contribution is 2.19. The van der Waals surface area contributed by atoms with Gasteiger partial charge in [-0.1, -0.05) is 20.8 Å². The highest BCUT2D eigenvalue weighted by atomic mass is 14.8. The predicted octanol–water partition coefficient (Wildman–Crippen LogP) is 2.00. The summed E-state index contributed by atoms with van der Waals surface area (Å²) >= 11 is 0. The molecule has 0 radical (unpaired) electrons. The van der Waals surface area contributed by atoms with E-state index in [9.17, 15) is 0 Å². The average molecular weight is 186 g/mol. The molecule has 0 aromatic rings. The van der Waals surface area contributed by atoms with Gasteiger partial charge >= 0.3 is 0 Å². The van der Waals surface area contributed by atoms with Crippen LogP contribution >= 0.6 is 0 Å². The van der Waals surface area contributed by atoms with Gasteiger partial charge in [-0.3, -0.25) is 0 Å². The first-order chi connectivity index (χ1) is 6.22. The highest BCUT2D eigenvalue weighted by molar-refractivity contribution is 4.64. The Balaban J connectivity index is 3.45. The third kappa shape index (κ3) is 7.03. The summed E-state index contributed by atoms with van der Waals surface area (Å²) in [6, 6.07) is 0. The quantitative estimate of drug-likeness (QED) is 0.569. The number of nitrogens with two attached hydrogens (primary N) is 1. The van der Waals surface area contributed by atoms with Gasteiger partial charge in [-0.2, -0.15) is 0 Å². The standard InChI is InChI=1S/C11H26N2/c1-4-13-9-5-6-11(7-8-12)10(2)3/h10-11,13H,4-9,12H2,1-3H3. The lowest BCUT2D eigenvalue weighted by Crippen LogP contribution is -2.18. The topological polar surface area (TPSA) is 38.0 Å². The Kier molecular flexibility index (Phi) is 8.46. The molecule has 2 heteroatoms. The summed E-state index contributed by atoms with van der Waals surface area (Å²) in [6.45, 7) is 9.83. The fourth-order valence-electron chi connectivity index (χ4n) is 1.69. The molecule has 0 fully saturated rings. The molecule has 80 valence electrons. The fraction of sp³-hybridized carbons (Fsp3) is 1.00.